The second-order valence-electron chi connectivity index (χ2n) is 6.05. The van der Waals surface area contributed by atoms with Crippen molar-refractivity contribution in [2.75, 3.05) is 38.4 Å². The molecule has 1 aromatic rings. The Labute approximate surface area is 152 Å². The Hall–Kier alpha value is -1.59. The van der Waals surface area contributed by atoms with Crippen LogP contribution in [0.4, 0.5) is 5.69 Å². The number of ether oxygens (including phenoxy) is 3. The van der Waals surface area contributed by atoms with Crippen molar-refractivity contribution in [2.24, 2.45) is 0 Å². The van der Waals surface area contributed by atoms with Crippen molar-refractivity contribution >= 4 is 11.6 Å². The molecule has 0 aliphatic rings. The molecule has 0 unspecified atom stereocenters. The minimum atomic E-state index is -0.0826. The molecule has 5 nitrogen and oxygen atoms in total. The van der Waals surface area contributed by atoms with E-state index in [0.29, 0.717) is 26.4 Å². The van der Waals surface area contributed by atoms with E-state index in [9.17, 15) is 4.79 Å². The van der Waals surface area contributed by atoms with E-state index in [-0.39, 0.29) is 5.91 Å². The van der Waals surface area contributed by atoms with Crippen LogP contribution in [0.5, 0.6) is 5.75 Å². The summed E-state index contributed by atoms with van der Waals surface area (Å²) < 4.78 is 16.6. The maximum absolute atomic E-state index is 10.9. The Kier molecular flexibility index (Phi) is 12.6. The maximum atomic E-state index is 10.9. The van der Waals surface area contributed by atoms with E-state index in [1.165, 1.54) is 39.0 Å². The van der Waals surface area contributed by atoms with Crippen molar-refractivity contribution in [3.05, 3.63) is 24.3 Å². The number of carbonyl (C=O) groups excluding carboxylic acids is 1. The number of anilines is 1. The number of hydrogen-bond acceptors (Lipinski definition) is 4. The molecule has 5 heteroatoms. The zero-order chi connectivity index (χ0) is 18.2. The summed E-state index contributed by atoms with van der Waals surface area (Å²) >= 11 is 0. The molecule has 0 saturated heterocycles. The molecule has 0 heterocycles. The van der Waals surface area contributed by atoms with Gasteiger partial charge >= 0.3 is 0 Å². The maximum Gasteiger partial charge on any atom is 0.221 e. The summed E-state index contributed by atoms with van der Waals surface area (Å²) in [6.07, 6.45) is 7.69. The summed E-state index contributed by atoms with van der Waals surface area (Å²) in [6, 6.07) is 7.28. The van der Waals surface area contributed by atoms with Crippen LogP contribution in [0, 0.1) is 0 Å². The van der Waals surface area contributed by atoms with Gasteiger partial charge in [-0.15, -0.1) is 0 Å². The van der Waals surface area contributed by atoms with Crippen LogP contribution in [0.2, 0.25) is 0 Å². The van der Waals surface area contributed by atoms with Crippen LogP contribution in [0.25, 0.3) is 0 Å². The Morgan fingerprint density at radius 1 is 0.840 bits per heavy atom. The number of amides is 1. The van der Waals surface area contributed by atoms with Crippen molar-refractivity contribution in [1.29, 1.82) is 0 Å². The zero-order valence-electron chi connectivity index (χ0n) is 15.7. The van der Waals surface area contributed by atoms with Crippen molar-refractivity contribution in [1.82, 2.24) is 0 Å². The number of unbranched alkanes of at least 4 members (excludes halogenated alkanes) is 5. The number of carbonyl (C=O) groups is 1. The van der Waals surface area contributed by atoms with Gasteiger partial charge in [0, 0.05) is 19.2 Å². The monoisotopic (exact) mass is 351 g/mol. The summed E-state index contributed by atoms with van der Waals surface area (Å²) in [5, 5.41) is 2.72. The highest BCUT2D eigenvalue weighted by Crippen LogP contribution is 2.15. The Bertz CT molecular complexity index is 448. The number of rotatable bonds is 15. The summed E-state index contributed by atoms with van der Waals surface area (Å²) in [5.41, 5.74) is 0.763. The minimum absolute atomic E-state index is 0.0826. The highest BCUT2D eigenvalue weighted by Gasteiger charge is 1.98. The SMILES string of the molecule is CCCCCCCCOCCOCCOc1ccc(NC(C)=O)cc1. The van der Waals surface area contributed by atoms with Gasteiger partial charge in [0.1, 0.15) is 12.4 Å². The van der Waals surface area contributed by atoms with Crippen LogP contribution in [-0.4, -0.2) is 38.9 Å². The quantitative estimate of drug-likeness (QED) is 0.475. The lowest BCUT2D eigenvalue weighted by Crippen LogP contribution is -2.11. The fourth-order valence-electron chi connectivity index (χ4n) is 2.36. The summed E-state index contributed by atoms with van der Waals surface area (Å²) in [5.74, 6) is 0.679. The first-order valence-electron chi connectivity index (χ1n) is 9.38. The number of benzene rings is 1. The molecule has 142 valence electrons. The lowest BCUT2D eigenvalue weighted by atomic mass is 10.1. The fraction of sp³-hybridized carbons (Fsp3) is 0.650. The average molecular weight is 351 g/mol. The van der Waals surface area contributed by atoms with Gasteiger partial charge in [-0.2, -0.15) is 0 Å². The third kappa shape index (κ3) is 12.4. The summed E-state index contributed by atoms with van der Waals surface area (Å²) in [4.78, 5) is 10.9. The normalized spacial score (nSPS) is 10.6. The van der Waals surface area contributed by atoms with Crippen LogP contribution >= 0.6 is 0 Å². The van der Waals surface area contributed by atoms with E-state index < -0.39 is 0 Å². The topological polar surface area (TPSA) is 56.8 Å². The molecule has 0 bridgehead atoms. The highest BCUT2D eigenvalue weighted by atomic mass is 16.5. The first-order chi connectivity index (χ1) is 12.2. The zero-order valence-corrected chi connectivity index (χ0v) is 15.7. The highest BCUT2D eigenvalue weighted by molar-refractivity contribution is 5.88. The fourth-order valence-corrected chi connectivity index (χ4v) is 2.36. The van der Waals surface area contributed by atoms with E-state index in [0.717, 1.165) is 24.5 Å². The van der Waals surface area contributed by atoms with Crippen LogP contribution in [0.15, 0.2) is 24.3 Å². The van der Waals surface area contributed by atoms with Crippen molar-refractivity contribution in [2.45, 2.75) is 52.4 Å². The van der Waals surface area contributed by atoms with Gasteiger partial charge in [0.15, 0.2) is 0 Å². The van der Waals surface area contributed by atoms with Crippen LogP contribution < -0.4 is 10.1 Å². The van der Waals surface area contributed by atoms with E-state index in [4.69, 9.17) is 14.2 Å². The first-order valence-corrected chi connectivity index (χ1v) is 9.38. The molecule has 1 aromatic carbocycles. The van der Waals surface area contributed by atoms with Crippen molar-refractivity contribution < 1.29 is 19.0 Å². The average Bonchev–Trinajstić information content (AvgIpc) is 2.60. The molecule has 1 N–H and O–H groups in total. The summed E-state index contributed by atoms with van der Waals surface area (Å²) in [6.45, 7) is 6.81. The molecule has 0 aromatic heterocycles. The standard InChI is InChI=1S/C20H33NO4/c1-3-4-5-6-7-8-13-23-14-15-24-16-17-25-20-11-9-19(10-12-20)21-18(2)22/h9-12H,3-8,13-17H2,1-2H3,(H,21,22). The van der Waals surface area contributed by atoms with Gasteiger partial charge in [-0.05, 0) is 30.7 Å². The molecule has 25 heavy (non-hydrogen) atoms. The Morgan fingerprint density at radius 3 is 2.12 bits per heavy atom. The molecule has 0 saturated carbocycles. The third-order valence-corrected chi connectivity index (χ3v) is 3.69. The minimum Gasteiger partial charge on any atom is -0.491 e. The van der Waals surface area contributed by atoms with Gasteiger partial charge in [0.25, 0.3) is 0 Å². The van der Waals surface area contributed by atoms with E-state index in [2.05, 4.69) is 12.2 Å². The molecule has 0 fully saturated rings. The second-order valence-corrected chi connectivity index (χ2v) is 6.05. The molecule has 0 aliphatic heterocycles. The summed E-state index contributed by atoms with van der Waals surface area (Å²) in [7, 11) is 0. The number of hydrogen-bond donors (Lipinski definition) is 1. The molecule has 0 radical (unpaired) electrons. The predicted molar refractivity (Wildman–Crippen MR) is 101 cm³/mol. The molecular weight excluding hydrogens is 318 g/mol. The Morgan fingerprint density at radius 2 is 1.44 bits per heavy atom. The van der Waals surface area contributed by atoms with E-state index in [1.807, 2.05) is 24.3 Å². The molecular formula is C20H33NO4. The molecule has 0 aliphatic carbocycles. The smallest absolute Gasteiger partial charge is 0.221 e. The van der Waals surface area contributed by atoms with Gasteiger partial charge in [-0.3, -0.25) is 4.79 Å². The first kappa shape index (κ1) is 21.5. The molecule has 0 atom stereocenters. The van der Waals surface area contributed by atoms with Gasteiger partial charge < -0.3 is 19.5 Å². The van der Waals surface area contributed by atoms with Crippen molar-refractivity contribution in [3.63, 3.8) is 0 Å². The van der Waals surface area contributed by atoms with Crippen LogP contribution in [0.3, 0.4) is 0 Å². The lowest BCUT2D eigenvalue weighted by molar-refractivity contribution is -0.114. The van der Waals surface area contributed by atoms with Gasteiger partial charge in [0.2, 0.25) is 5.91 Å². The van der Waals surface area contributed by atoms with Crippen molar-refractivity contribution in [3.8, 4) is 5.75 Å². The molecule has 0 spiro atoms. The van der Waals surface area contributed by atoms with E-state index >= 15 is 0 Å². The Balaban J connectivity index is 1.89. The van der Waals surface area contributed by atoms with Gasteiger partial charge in [-0.25, -0.2) is 0 Å². The second kappa shape index (κ2) is 14.7. The van der Waals surface area contributed by atoms with Gasteiger partial charge in [-0.1, -0.05) is 39.0 Å². The predicted octanol–water partition coefficient (Wildman–Crippen LogP) is 4.42. The lowest BCUT2D eigenvalue weighted by Gasteiger charge is -2.09. The molecule has 1 amide bonds. The largest absolute Gasteiger partial charge is 0.491 e. The van der Waals surface area contributed by atoms with Gasteiger partial charge in [0.05, 0.1) is 19.8 Å². The third-order valence-electron chi connectivity index (χ3n) is 3.69. The van der Waals surface area contributed by atoms with E-state index in [1.54, 1.807) is 0 Å². The van der Waals surface area contributed by atoms with Crippen LogP contribution in [-0.2, 0) is 14.3 Å². The molecule has 1 rings (SSSR count). The number of nitrogens with one attached hydrogen (secondary N) is 1. The van der Waals surface area contributed by atoms with Crippen LogP contribution in [0.1, 0.15) is 52.4 Å².